The van der Waals surface area contributed by atoms with E-state index in [2.05, 4.69) is 223 Å². The molecule has 9 aromatic rings. The number of rotatable bonds is 7. The fourth-order valence-electron chi connectivity index (χ4n) is 8.51. The molecule has 0 aliphatic heterocycles. The molecular weight excluding hydrogens is 665 g/mol. The second-order valence-corrected chi connectivity index (χ2v) is 14.7. The van der Waals surface area contributed by atoms with Crippen molar-refractivity contribution in [2.24, 2.45) is 5.92 Å². The molecule has 2 nitrogen and oxygen atoms in total. The zero-order chi connectivity index (χ0) is 36.7. The second-order valence-electron chi connectivity index (χ2n) is 14.7. The van der Waals surface area contributed by atoms with E-state index in [9.17, 15) is 0 Å². The molecule has 1 heterocycles. The maximum atomic E-state index is 2.51. The number of benzene rings is 8. The summed E-state index contributed by atoms with van der Waals surface area (Å²) < 4.78 is 2.51. The van der Waals surface area contributed by atoms with Gasteiger partial charge in [0, 0.05) is 39.4 Å². The van der Waals surface area contributed by atoms with E-state index in [-0.39, 0.29) is 0 Å². The summed E-state index contributed by atoms with van der Waals surface area (Å²) in [6.07, 6.45) is 3.48. The quantitative estimate of drug-likeness (QED) is 0.160. The van der Waals surface area contributed by atoms with Crippen molar-refractivity contribution in [3.05, 3.63) is 223 Å². The van der Waals surface area contributed by atoms with E-state index in [4.69, 9.17) is 0 Å². The Morgan fingerprint density at radius 2 is 0.982 bits per heavy atom. The fraction of sp³-hybridized carbons (Fsp3) is 0.0566. The Morgan fingerprint density at radius 1 is 0.455 bits per heavy atom. The maximum Gasteiger partial charge on any atom is 0.0544 e. The van der Waals surface area contributed by atoms with Crippen molar-refractivity contribution in [1.82, 2.24) is 4.57 Å². The molecule has 0 fully saturated rings. The van der Waals surface area contributed by atoms with Crippen LogP contribution in [-0.2, 0) is 6.42 Å². The van der Waals surface area contributed by atoms with Crippen molar-refractivity contribution in [2.75, 3.05) is 4.90 Å². The number of hydrogen-bond acceptors (Lipinski definition) is 1. The average molecular weight is 705 g/mol. The van der Waals surface area contributed by atoms with Crippen LogP contribution in [0.2, 0.25) is 0 Å². The second kappa shape index (κ2) is 13.8. The van der Waals surface area contributed by atoms with Gasteiger partial charge < -0.3 is 9.47 Å². The molecule has 0 saturated carbocycles. The molecule has 0 radical (unpaired) electrons. The summed E-state index contributed by atoms with van der Waals surface area (Å²) in [5.41, 5.74) is 15.8. The Balaban J connectivity index is 1.15. The minimum absolute atomic E-state index is 0.372. The van der Waals surface area contributed by atoms with Crippen LogP contribution in [0.4, 0.5) is 17.1 Å². The van der Waals surface area contributed by atoms with Crippen molar-refractivity contribution in [2.45, 2.75) is 13.3 Å². The molecule has 1 aliphatic carbocycles. The molecule has 0 saturated heterocycles. The van der Waals surface area contributed by atoms with Gasteiger partial charge in [-0.05, 0) is 117 Å². The first-order chi connectivity index (χ1) is 27.2. The minimum atomic E-state index is 0.372. The summed E-state index contributed by atoms with van der Waals surface area (Å²) in [6, 6.07) is 72.7. The predicted molar refractivity (Wildman–Crippen MR) is 233 cm³/mol. The summed E-state index contributed by atoms with van der Waals surface area (Å²) in [6.45, 7) is 2.35. The Labute approximate surface area is 322 Å². The third kappa shape index (κ3) is 6.02. The van der Waals surface area contributed by atoms with E-state index in [1.807, 2.05) is 0 Å². The van der Waals surface area contributed by atoms with E-state index in [1.165, 1.54) is 72.0 Å². The fourth-order valence-corrected chi connectivity index (χ4v) is 8.51. The molecule has 0 N–H and O–H groups in total. The number of hydrogen-bond donors (Lipinski definition) is 0. The molecule has 1 aromatic heterocycles. The maximum absolute atomic E-state index is 2.51. The lowest BCUT2D eigenvalue weighted by atomic mass is 9.84. The molecule has 1 unspecified atom stereocenters. The number of allylic oxidation sites excluding steroid dienone is 1. The van der Waals surface area contributed by atoms with Crippen LogP contribution < -0.4 is 4.90 Å². The highest BCUT2D eigenvalue weighted by atomic mass is 15.1. The molecule has 0 bridgehead atoms. The summed E-state index contributed by atoms with van der Waals surface area (Å²) >= 11 is 0. The van der Waals surface area contributed by atoms with Crippen LogP contribution in [0.15, 0.2) is 206 Å². The van der Waals surface area contributed by atoms with Gasteiger partial charge in [0.2, 0.25) is 0 Å². The van der Waals surface area contributed by atoms with Gasteiger partial charge >= 0.3 is 0 Å². The highest BCUT2D eigenvalue weighted by Gasteiger charge is 2.28. The van der Waals surface area contributed by atoms with Gasteiger partial charge in [0.1, 0.15) is 0 Å². The van der Waals surface area contributed by atoms with Crippen molar-refractivity contribution in [3.8, 4) is 27.9 Å². The first kappa shape index (κ1) is 32.7. The summed E-state index contributed by atoms with van der Waals surface area (Å²) in [5, 5.41) is 3.82. The van der Waals surface area contributed by atoms with Gasteiger partial charge in [-0.25, -0.2) is 0 Å². The van der Waals surface area contributed by atoms with Crippen molar-refractivity contribution in [1.29, 1.82) is 0 Å². The Morgan fingerprint density at radius 3 is 1.65 bits per heavy atom. The number of fused-ring (bicyclic) bond motifs is 4. The van der Waals surface area contributed by atoms with E-state index in [0.717, 1.165) is 23.5 Å². The Bertz CT molecular complexity index is 2830. The van der Waals surface area contributed by atoms with Gasteiger partial charge in [0.25, 0.3) is 0 Å². The molecule has 1 aliphatic rings. The van der Waals surface area contributed by atoms with Crippen LogP contribution in [0.3, 0.4) is 0 Å². The highest BCUT2D eigenvalue weighted by molar-refractivity contribution is 6.07. The van der Waals surface area contributed by atoms with Crippen molar-refractivity contribution < 1.29 is 0 Å². The lowest BCUT2D eigenvalue weighted by Gasteiger charge is -2.28. The number of nitrogens with zero attached hydrogens (tertiary/aromatic N) is 2. The predicted octanol–water partition coefficient (Wildman–Crippen LogP) is 14.2. The highest BCUT2D eigenvalue weighted by Crippen LogP contribution is 2.45. The first-order valence-electron chi connectivity index (χ1n) is 19.2. The number of anilines is 3. The number of aromatic nitrogens is 1. The van der Waals surface area contributed by atoms with E-state index >= 15 is 0 Å². The lowest BCUT2D eigenvalue weighted by molar-refractivity contribution is 0.687. The van der Waals surface area contributed by atoms with Crippen molar-refractivity contribution in [3.63, 3.8) is 0 Å². The molecular formula is C53H40N2. The Kier molecular flexibility index (Phi) is 8.22. The average Bonchev–Trinajstić information content (AvgIpc) is 3.56. The van der Waals surface area contributed by atoms with E-state index in [1.54, 1.807) is 0 Å². The first-order valence-corrected chi connectivity index (χ1v) is 19.2. The van der Waals surface area contributed by atoms with E-state index < -0.39 is 0 Å². The van der Waals surface area contributed by atoms with Gasteiger partial charge in [0.15, 0.2) is 0 Å². The summed E-state index contributed by atoms with van der Waals surface area (Å²) in [5.74, 6) is 0.372. The molecule has 55 heavy (non-hydrogen) atoms. The minimum Gasteiger partial charge on any atom is -0.313 e. The van der Waals surface area contributed by atoms with E-state index in [0.29, 0.717) is 5.92 Å². The third-order valence-electron chi connectivity index (χ3n) is 11.0. The van der Waals surface area contributed by atoms with Gasteiger partial charge in [-0.15, -0.1) is 0 Å². The van der Waals surface area contributed by atoms with Crippen LogP contribution in [0, 0.1) is 5.92 Å². The zero-order valence-corrected chi connectivity index (χ0v) is 30.8. The van der Waals surface area contributed by atoms with Crippen molar-refractivity contribution >= 4 is 44.3 Å². The zero-order valence-electron chi connectivity index (χ0n) is 30.8. The molecule has 10 rings (SSSR count). The molecule has 262 valence electrons. The molecule has 2 heteroatoms. The van der Waals surface area contributed by atoms with Gasteiger partial charge in [-0.1, -0.05) is 153 Å². The monoisotopic (exact) mass is 704 g/mol. The smallest absolute Gasteiger partial charge is 0.0544 e. The number of para-hydroxylation sites is 1. The largest absolute Gasteiger partial charge is 0.313 e. The summed E-state index contributed by atoms with van der Waals surface area (Å²) in [4.78, 5) is 2.40. The van der Waals surface area contributed by atoms with Crippen LogP contribution in [-0.4, -0.2) is 4.57 Å². The molecule has 0 spiro atoms. The summed E-state index contributed by atoms with van der Waals surface area (Å²) in [7, 11) is 0. The van der Waals surface area contributed by atoms with Crippen LogP contribution in [0.1, 0.15) is 23.7 Å². The molecule has 1 atom stereocenters. The van der Waals surface area contributed by atoms with Gasteiger partial charge in [-0.2, -0.15) is 0 Å². The Hall–Kier alpha value is -6.90. The van der Waals surface area contributed by atoms with Crippen LogP contribution in [0.25, 0.3) is 55.2 Å². The SMILES string of the molecule is CC1C=C(c2cccc(N(c3ccc(-c4ccccc4)cc3)c3cccc(-c4ccccc4)c3)c2)c2c(n(-c3ccccc3)c3cc4ccccc4cc23)C1. The molecule has 0 amide bonds. The third-order valence-corrected chi connectivity index (χ3v) is 11.0. The van der Waals surface area contributed by atoms with Gasteiger partial charge in [0.05, 0.1) is 5.52 Å². The standard InChI is InChI=1S/C53H40N2/c1-37-31-49(53-50-35-42-19-11-12-20-43(42)36-51(50)55(52(53)32-37)45-23-9-4-10-24-45)44-22-14-26-48(34-44)54(46-29-27-40(28-30-46)38-15-5-2-6-16-38)47-25-13-21-41(33-47)39-17-7-3-8-18-39/h2-31,33-37H,32H2,1H3. The van der Waals surface area contributed by atoms with Crippen LogP contribution in [0.5, 0.6) is 0 Å². The topological polar surface area (TPSA) is 8.17 Å². The van der Waals surface area contributed by atoms with Gasteiger partial charge in [-0.3, -0.25) is 0 Å². The lowest BCUT2D eigenvalue weighted by Crippen LogP contribution is -2.13. The molecule has 8 aromatic carbocycles. The normalized spacial score (nSPS) is 13.8. The van der Waals surface area contributed by atoms with Crippen LogP contribution >= 0.6 is 0 Å².